The van der Waals surface area contributed by atoms with Gasteiger partial charge in [0.1, 0.15) is 0 Å². The number of aromatic nitrogens is 2. The van der Waals surface area contributed by atoms with Gasteiger partial charge < -0.3 is 5.32 Å². The number of thiazole rings is 1. The van der Waals surface area contributed by atoms with Crippen molar-refractivity contribution in [2.24, 2.45) is 0 Å². The molecule has 0 aliphatic rings. The molecule has 0 saturated heterocycles. The number of nitrogens with one attached hydrogen (secondary N) is 1. The van der Waals surface area contributed by atoms with Gasteiger partial charge in [-0.2, -0.15) is 0 Å². The third-order valence-corrected chi connectivity index (χ3v) is 2.42. The van der Waals surface area contributed by atoms with Crippen LogP contribution in [0.4, 0.5) is 5.69 Å². The van der Waals surface area contributed by atoms with Crippen LogP contribution in [-0.2, 0) is 11.2 Å². The first-order valence-electron chi connectivity index (χ1n) is 4.41. The average Bonchev–Trinajstić information content (AvgIpc) is 2.71. The van der Waals surface area contributed by atoms with Gasteiger partial charge in [-0.3, -0.25) is 9.78 Å². The predicted octanol–water partition coefficient (Wildman–Crippen LogP) is 1.72. The first-order valence-corrected chi connectivity index (χ1v) is 5.36. The standard InChI is InChI=1S/C10H9N3OS/c14-10(5-9-6-15-7-12-9)13-8-1-3-11-4-2-8/h1-4,6-7H,5H2,(H,11,13,14). The van der Waals surface area contributed by atoms with Crippen molar-refractivity contribution in [2.45, 2.75) is 6.42 Å². The second kappa shape index (κ2) is 4.65. The topological polar surface area (TPSA) is 54.9 Å². The normalized spacial score (nSPS) is 9.87. The lowest BCUT2D eigenvalue weighted by molar-refractivity contribution is -0.115. The number of nitrogens with zero attached hydrogens (tertiary/aromatic N) is 2. The molecular formula is C10H9N3OS. The van der Waals surface area contributed by atoms with E-state index in [9.17, 15) is 4.79 Å². The second-order valence-corrected chi connectivity index (χ2v) is 3.66. The number of carbonyl (C=O) groups is 1. The molecule has 0 radical (unpaired) electrons. The van der Waals surface area contributed by atoms with E-state index in [4.69, 9.17) is 0 Å². The fourth-order valence-electron chi connectivity index (χ4n) is 1.13. The van der Waals surface area contributed by atoms with E-state index in [0.29, 0.717) is 6.42 Å². The van der Waals surface area contributed by atoms with Crippen LogP contribution in [0.3, 0.4) is 0 Å². The number of rotatable bonds is 3. The van der Waals surface area contributed by atoms with E-state index in [2.05, 4.69) is 15.3 Å². The van der Waals surface area contributed by atoms with E-state index < -0.39 is 0 Å². The Kier molecular flexibility index (Phi) is 3.04. The van der Waals surface area contributed by atoms with Gasteiger partial charge in [0.15, 0.2) is 0 Å². The van der Waals surface area contributed by atoms with Gasteiger partial charge in [0.2, 0.25) is 5.91 Å². The minimum atomic E-state index is -0.0629. The summed E-state index contributed by atoms with van der Waals surface area (Å²) in [5.74, 6) is -0.0629. The maximum absolute atomic E-state index is 11.5. The molecule has 0 saturated carbocycles. The molecular weight excluding hydrogens is 210 g/mol. The van der Waals surface area contributed by atoms with Gasteiger partial charge in [-0.15, -0.1) is 11.3 Å². The summed E-state index contributed by atoms with van der Waals surface area (Å²) < 4.78 is 0. The highest BCUT2D eigenvalue weighted by Crippen LogP contribution is 2.06. The number of hydrogen-bond acceptors (Lipinski definition) is 4. The van der Waals surface area contributed by atoms with Crippen molar-refractivity contribution in [1.82, 2.24) is 9.97 Å². The van der Waals surface area contributed by atoms with Crippen molar-refractivity contribution in [3.63, 3.8) is 0 Å². The lowest BCUT2D eigenvalue weighted by Crippen LogP contribution is -2.14. The van der Waals surface area contributed by atoms with Gasteiger partial charge in [0.25, 0.3) is 0 Å². The van der Waals surface area contributed by atoms with Crippen LogP contribution in [0.25, 0.3) is 0 Å². The van der Waals surface area contributed by atoms with E-state index in [0.717, 1.165) is 11.4 Å². The van der Waals surface area contributed by atoms with Crippen molar-refractivity contribution in [1.29, 1.82) is 0 Å². The van der Waals surface area contributed by atoms with Gasteiger partial charge in [-0.1, -0.05) is 0 Å². The number of hydrogen-bond donors (Lipinski definition) is 1. The number of carbonyl (C=O) groups excluding carboxylic acids is 1. The summed E-state index contributed by atoms with van der Waals surface area (Å²) in [6.07, 6.45) is 3.59. The highest BCUT2D eigenvalue weighted by atomic mass is 32.1. The predicted molar refractivity (Wildman–Crippen MR) is 58.7 cm³/mol. The van der Waals surface area contributed by atoms with Crippen LogP contribution in [0.15, 0.2) is 35.4 Å². The van der Waals surface area contributed by atoms with Crippen LogP contribution >= 0.6 is 11.3 Å². The Morgan fingerprint density at radius 2 is 2.20 bits per heavy atom. The van der Waals surface area contributed by atoms with Crippen LogP contribution in [0.1, 0.15) is 5.69 Å². The molecule has 5 heteroatoms. The number of anilines is 1. The highest BCUT2D eigenvalue weighted by molar-refractivity contribution is 7.07. The highest BCUT2D eigenvalue weighted by Gasteiger charge is 2.04. The van der Waals surface area contributed by atoms with Crippen LogP contribution in [0.5, 0.6) is 0 Å². The van der Waals surface area contributed by atoms with E-state index in [1.165, 1.54) is 11.3 Å². The summed E-state index contributed by atoms with van der Waals surface area (Å²) in [6.45, 7) is 0. The summed E-state index contributed by atoms with van der Waals surface area (Å²) in [7, 11) is 0. The van der Waals surface area contributed by atoms with Gasteiger partial charge >= 0.3 is 0 Å². The molecule has 1 N–H and O–H groups in total. The van der Waals surface area contributed by atoms with Crippen molar-refractivity contribution in [3.8, 4) is 0 Å². The lowest BCUT2D eigenvalue weighted by atomic mass is 10.3. The monoisotopic (exact) mass is 219 g/mol. The zero-order chi connectivity index (χ0) is 10.5. The minimum Gasteiger partial charge on any atom is -0.326 e. The van der Waals surface area contributed by atoms with E-state index in [-0.39, 0.29) is 5.91 Å². The molecule has 0 unspecified atom stereocenters. The van der Waals surface area contributed by atoms with E-state index in [1.807, 2.05) is 5.38 Å². The maximum atomic E-state index is 11.5. The summed E-state index contributed by atoms with van der Waals surface area (Å²) in [6, 6.07) is 3.50. The fraction of sp³-hybridized carbons (Fsp3) is 0.100. The van der Waals surface area contributed by atoms with Crippen LogP contribution < -0.4 is 5.32 Å². The molecule has 4 nitrogen and oxygen atoms in total. The molecule has 0 aromatic carbocycles. The lowest BCUT2D eigenvalue weighted by Gasteiger charge is -2.02. The maximum Gasteiger partial charge on any atom is 0.230 e. The molecule has 2 aromatic heterocycles. The molecule has 0 aliphatic carbocycles. The molecule has 2 aromatic rings. The Bertz CT molecular complexity index is 427. The molecule has 0 aliphatic heterocycles. The number of amides is 1. The van der Waals surface area contributed by atoms with Crippen LogP contribution in [0, 0.1) is 0 Å². The zero-order valence-electron chi connectivity index (χ0n) is 7.88. The fourth-order valence-corrected chi connectivity index (χ4v) is 1.69. The third kappa shape index (κ3) is 2.85. The van der Waals surface area contributed by atoms with Gasteiger partial charge in [-0.25, -0.2) is 4.98 Å². The largest absolute Gasteiger partial charge is 0.326 e. The van der Waals surface area contributed by atoms with Crippen LogP contribution in [0.2, 0.25) is 0 Å². The molecule has 0 fully saturated rings. The quantitative estimate of drug-likeness (QED) is 0.855. The van der Waals surface area contributed by atoms with Crippen LogP contribution in [-0.4, -0.2) is 15.9 Å². The summed E-state index contributed by atoms with van der Waals surface area (Å²) >= 11 is 1.49. The van der Waals surface area contributed by atoms with E-state index >= 15 is 0 Å². The van der Waals surface area contributed by atoms with E-state index in [1.54, 1.807) is 30.0 Å². The Morgan fingerprint density at radius 3 is 2.87 bits per heavy atom. The molecule has 0 spiro atoms. The van der Waals surface area contributed by atoms with Crippen molar-refractivity contribution >= 4 is 22.9 Å². The first kappa shape index (κ1) is 9.79. The first-order chi connectivity index (χ1) is 7.34. The van der Waals surface area contributed by atoms with Gasteiger partial charge in [0, 0.05) is 23.5 Å². The Morgan fingerprint density at radius 1 is 1.40 bits per heavy atom. The average molecular weight is 219 g/mol. The Hall–Kier alpha value is -1.75. The number of pyridine rings is 1. The SMILES string of the molecule is O=C(Cc1cscn1)Nc1ccncc1. The molecule has 2 heterocycles. The zero-order valence-corrected chi connectivity index (χ0v) is 8.70. The summed E-state index contributed by atoms with van der Waals surface area (Å²) in [4.78, 5) is 19.4. The van der Waals surface area contributed by atoms with Crippen molar-refractivity contribution in [3.05, 3.63) is 41.1 Å². The third-order valence-electron chi connectivity index (χ3n) is 1.79. The molecule has 2 rings (SSSR count). The Labute approximate surface area is 91.0 Å². The molecule has 0 bridgehead atoms. The summed E-state index contributed by atoms with van der Waals surface area (Å²) in [5.41, 5.74) is 3.27. The van der Waals surface area contributed by atoms with Crippen molar-refractivity contribution < 1.29 is 4.79 Å². The smallest absolute Gasteiger partial charge is 0.230 e. The van der Waals surface area contributed by atoms with Crippen molar-refractivity contribution in [2.75, 3.05) is 5.32 Å². The molecule has 76 valence electrons. The van der Waals surface area contributed by atoms with Gasteiger partial charge in [0.05, 0.1) is 17.6 Å². The Balaban J connectivity index is 1.94. The summed E-state index contributed by atoms with van der Waals surface area (Å²) in [5, 5.41) is 4.63. The molecule has 0 atom stereocenters. The molecule has 1 amide bonds. The minimum absolute atomic E-state index is 0.0629. The second-order valence-electron chi connectivity index (χ2n) is 2.94. The molecule has 15 heavy (non-hydrogen) atoms. The van der Waals surface area contributed by atoms with Gasteiger partial charge in [-0.05, 0) is 12.1 Å².